The smallest absolute Gasteiger partial charge is 0.338 e. The van der Waals surface area contributed by atoms with Crippen LogP contribution >= 0.6 is 23.4 Å². The van der Waals surface area contributed by atoms with Gasteiger partial charge in [0.05, 0.1) is 52.4 Å². The van der Waals surface area contributed by atoms with Gasteiger partial charge in [-0.05, 0) is 32.9 Å². The topological polar surface area (TPSA) is 117 Å². The first-order valence-electron chi connectivity index (χ1n) is 10.5. The first kappa shape index (κ1) is 23.9. The predicted octanol–water partition coefficient (Wildman–Crippen LogP) is 3.01. The Kier molecular flexibility index (Phi) is 6.46. The summed E-state index contributed by atoms with van der Waals surface area (Å²) < 4.78 is 11.9. The molecule has 11 heteroatoms. The summed E-state index contributed by atoms with van der Waals surface area (Å²) in [5.74, 6) is -2.96. The molecule has 34 heavy (non-hydrogen) atoms. The van der Waals surface area contributed by atoms with Crippen molar-refractivity contribution >= 4 is 41.2 Å². The van der Waals surface area contributed by atoms with E-state index in [0.717, 1.165) is 0 Å². The summed E-state index contributed by atoms with van der Waals surface area (Å²) in [6.07, 6.45) is 0. The number of carbonyl (C=O) groups excluding carboxylic acids is 3. The molecule has 2 N–H and O–H groups in total. The van der Waals surface area contributed by atoms with Gasteiger partial charge in [0.2, 0.25) is 5.91 Å². The first-order chi connectivity index (χ1) is 16.2. The summed E-state index contributed by atoms with van der Waals surface area (Å²) in [6.45, 7) is 5.15. The Hall–Kier alpha value is -3.24. The van der Waals surface area contributed by atoms with Gasteiger partial charge in [-0.25, -0.2) is 14.3 Å². The van der Waals surface area contributed by atoms with Crippen LogP contribution in [-0.4, -0.2) is 51.5 Å². The van der Waals surface area contributed by atoms with E-state index in [1.807, 2.05) is 30.3 Å². The highest BCUT2D eigenvalue weighted by molar-refractivity contribution is 8.04. The maximum Gasteiger partial charge on any atom is 0.338 e. The van der Waals surface area contributed by atoms with Crippen molar-refractivity contribution < 1.29 is 23.9 Å². The maximum absolute atomic E-state index is 13.2. The zero-order valence-corrected chi connectivity index (χ0v) is 20.6. The maximum atomic E-state index is 13.2. The van der Waals surface area contributed by atoms with Gasteiger partial charge < -0.3 is 15.2 Å². The minimum absolute atomic E-state index is 0.0633. The molecule has 0 aliphatic carbocycles. The number of esters is 2. The SMILES string of the molecule is CCOC(=O)C1=C(N)N2C(=O)[C@H](C)SC2=C(C(=O)OC)[C@@H]1c1c(C)nn(-c2ccccc2)c1Cl. The molecule has 0 bridgehead atoms. The molecule has 0 radical (unpaired) electrons. The van der Waals surface area contributed by atoms with Gasteiger partial charge in [0.25, 0.3) is 0 Å². The number of benzene rings is 1. The van der Waals surface area contributed by atoms with Gasteiger partial charge >= 0.3 is 11.9 Å². The third-order valence-corrected chi connectivity index (χ3v) is 7.17. The summed E-state index contributed by atoms with van der Waals surface area (Å²) in [5, 5.41) is 4.55. The Morgan fingerprint density at radius 1 is 1.21 bits per heavy atom. The van der Waals surface area contributed by atoms with Crippen LogP contribution in [0.3, 0.4) is 0 Å². The molecule has 1 amide bonds. The Morgan fingerprint density at radius 2 is 1.88 bits per heavy atom. The Labute approximate surface area is 205 Å². The number of ether oxygens (including phenoxy) is 2. The number of nitrogens with two attached hydrogens (primary N) is 1. The van der Waals surface area contributed by atoms with Gasteiger partial charge in [-0.1, -0.05) is 41.6 Å². The van der Waals surface area contributed by atoms with Gasteiger partial charge in [0.15, 0.2) is 0 Å². The van der Waals surface area contributed by atoms with Crippen LogP contribution in [0.2, 0.25) is 5.15 Å². The number of amides is 1. The van der Waals surface area contributed by atoms with E-state index in [4.69, 9.17) is 26.8 Å². The molecule has 2 atom stereocenters. The van der Waals surface area contributed by atoms with Crippen molar-refractivity contribution in [1.82, 2.24) is 14.7 Å². The second kappa shape index (κ2) is 9.19. The summed E-state index contributed by atoms with van der Waals surface area (Å²) in [5.41, 5.74) is 8.00. The average molecular weight is 503 g/mol. The Morgan fingerprint density at radius 3 is 2.50 bits per heavy atom. The minimum atomic E-state index is -1.05. The molecule has 4 rings (SSSR count). The molecule has 2 aromatic rings. The highest BCUT2D eigenvalue weighted by atomic mass is 35.5. The number of halogens is 1. The van der Waals surface area contributed by atoms with E-state index in [1.54, 1.807) is 20.8 Å². The van der Waals surface area contributed by atoms with Crippen LogP contribution in [0.1, 0.15) is 31.0 Å². The lowest BCUT2D eigenvalue weighted by Gasteiger charge is -2.32. The van der Waals surface area contributed by atoms with Crippen molar-refractivity contribution in [2.75, 3.05) is 13.7 Å². The number of hydrogen-bond donors (Lipinski definition) is 1. The molecular formula is C23H23ClN4O5S. The minimum Gasteiger partial charge on any atom is -0.466 e. The second-order valence-corrected chi connectivity index (χ2v) is 9.32. The van der Waals surface area contributed by atoms with Crippen LogP contribution in [0, 0.1) is 6.92 Å². The molecule has 1 aromatic heterocycles. The van der Waals surface area contributed by atoms with Crippen LogP contribution < -0.4 is 5.73 Å². The van der Waals surface area contributed by atoms with Crippen molar-refractivity contribution in [3.8, 4) is 5.69 Å². The van der Waals surface area contributed by atoms with Crippen LogP contribution in [0.5, 0.6) is 0 Å². The number of aromatic nitrogens is 2. The van der Waals surface area contributed by atoms with Crippen molar-refractivity contribution in [3.05, 3.63) is 68.7 Å². The summed E-state index contributed by atoms with van der Waals surface area (Å²) in [4.78, 5) is 40.4. The molecule has 2 aliphatic heterocycles. The van der Waals surface area contributed by atoms with E-state index in [9.17, 15) is 14.4 Å². The van der Waals surface area contributed by atoms with Crippen LogP contribution in [0.25, 0.3) is 5.69 Å². The molecule has 2 aliphatic rings. The van der Waals surface area contributed by atoms with Gasteiger partial charge in [-0.2, -0.15) is 5.10 Å². The lowest BCUT2D eigenvalue weighted by molar-refractivity contribution is -0.139. The molecule has 0 unspecified atom stereocenters. The zero-order valence-electron chi connectivity index (χ0n) is 19.0. The quantitative estimate of drug-likeness (QED) is 0.620. The second-order valence-electron chi connectivity index (χ2n) is 7.63. The molecule has 0 spiro atoms. The first-order valence-corrected chi connectivity index (χ1v) is 11.8. The summed E-state index contributed by atoms with van der Waals surface area (Å²) in [7, 11) is 1.23. The number of nitrogens with zero attached hydrogens (tertiary/aromatic N) is 3. The summed E-state index contributed by atoms with van der Waals surface area (Å²) >= 11 is 8.00. The van der Waals surface area contributed by atoms with Gasteiger partial charge in [-0.15, -0.1) is 0 Å². The number of methoxy groups -OCH3 is 1. The highest BCUT2D eigenvalue weighted by Crippen LogP contribution is 2.51. The normalized spacial score (nSPS) is 20.0. The van der Waals surface area contributed by atoms with Crippen LogP contribution in [-0.2, 0) is 23.9 Å². The Balaban J connectivity index is 2.03. The van der Waals surface area contributed by atoms with E-state index in [0.29, 0.717) is 22.0 Å². The number of para-hydroxylation sites is 1. The average Bonchev–Trinajstić information content (AvgIpc) is 3.28. The number of carbonyl (C=O) groups is 3. The van der Waals surface area contributed by atoms with Crippen LogP contribution in [0.15, 0.2) is 52.3 Å². The van der Waals surface area contributed by atoms with Crippen molar-refractivity contribution in [1.29, 1.82) is 0 Å². The molecule has 178 valence electrons. The highest BCUT2D eigenvalue weighted by Gasteiger charge is 2.50. The van der Waals surface area contributed by atoms with E-state index in [-0.39, 0.29) is 34.6 Å². The molecule has 0 saturated carbocycles. The monoisotopic (exact) mass is 502 g/mol. The number of rotatable bonds is 5. The zero-order chi connectivity index (χ0) is 24.7. The van der Waals surface area contributed by atoms with E-state index < -0.39 is 23.1 Å². The lowest BCUT2D eigenvalue weighted by Crippen LogP contribution is -2.40. The van der Waals surface area contributed by atoms with E-state index in [1.165, 1.54) is 28.5 Å². The van der Waals surface area contributed by atoms with Gasteiger partial charge in [0, 0.05) is 5.56 Å². The van der Waals surface area contributed by atoms with E-state index >= 15 is 0 Å². The molecule has 1 aromatic carbocycles. The number of thioether (sulfide) groups is 1. The molecule has 9 nitrogen and oxygen atoms in total. The van der Waals surface area contributed by atoms with Crippen molar-refractivity contribution in [2.45, 2.75) is 31.9 Å². The number of aryl methyl sites for hydroxylation is 1. The van der Waals surface area contributed by atoms with Crippen LogP contribution in [0.4, 0.5) is 0 Å². The third kappa shape index (κ3) is 3.67. The lowest BCUT2D eigenvalue weighted by atomic mass is 9.82. The molecule has 1 saturated heterocycles. The largest absolute Gasteiger partial charge is 0.466 e. The van der Waals surface area contributed by atoms with Crippen molar-refractivity contribution in [3.63, 3.8) is 0 Å². The fourth-order valence-electron chi connectivity index (χ4n) is 4.12. The fraction of sp³-hybridized carbons (Fsp3) is 0.304. The van der Waals surface area contributed by atoms with Gasteiger partial charge in [0.1, 0.15) is 11.0 Å². The molecular weight excluding hydrogens is 480 g/mol. The Bertz CT molecular complexity index is 1250. The molecule has 1 fully saturated rings. The predicted molar refractivity (Wildman–Crippen MR) is 127 cm³/mol. The third-order valence-electron chi connectivity index (χ3n) is 5.62. The summed E-state index contributed by atoms with van der Waals surface area (Å²) in [6, 6.07) is 9.20. The standard InChI is InChI=1S/C23H23ClN4O5S/c1-5-33-23(31)16-15(14-11(2)26-28(18(14)24)13-9-7-6-8-10-13)17(22(30)32-4)21-27(19(16)25)20(29)12(3)34-21/h6-10,12,15H,5,25H2,1-4H3/t12-,15+/m0/s1. The fourth-order valence-corrected chi connectivity index (χ4v) is 5.66. The molecule has 3 heterocycles. The van der Waals surface area contributed by atoms with Crippen molar-refractivity contribution in [2.24, 2.45) is 5.73 Å². The number of hydrogen-bond acceptors (Lipinski definition) is 8. The van der Waals surface area contributed by atoms with Gasteiger partial charge in [-0.3, -0.25) is 9.69 Å². The number of fused-ring (bicyclic) bond motifs is 1. The van der Waals surface area contributed by atoms with E-state index in [2.05, 4.69) is 5.10 Å².